The number of nitrogens with zero attached hydrogens (tertiary/aromatic N) is 2. The number of benzene rings is 2. The van der Waals surface area contributed by atoms with Crippen LogP contribution in [0.25, 0.3) is 10.9 Å². The molecule has 1 saturated heterocycles. The minimum Gasteiger partial charge on any atom is -0.361 e. The van der Waals surface area contributed by atoms with Gasteiger partial charge in [0.15, 0.2) is 0 Å². The Hall–Kier alpha value is -3.08. The highest BCUT2D eigenvalue weighted by molar-refractivity contribution is 6.02. The van der Waals surface area contributed by atoms with Crippen molar-refractivity contribution in [3.05, 3.63) is 71.4 Å². The Morgan fingerprint density at radius 3 is 2.57 bits per heavy atom. The summed E-state index contributed by atoms with van der Waals surface area (Å²) in [6.07, 6.45) is 5.25. The highest BCUT2D eigenvalue weighted by atomic mass is 16.2. The van der Waals surface area contributed by atoms with E-state index < -0.39 is 0 Å². The summed E-state index contributed by atoms with van der Waals surface area (Å²) in [4.78, 5) is 33.1. The minimum absolute atomic E-state index is 0.0469. The van der Waals surface area contributed by atoms with Crippen molar-refractivity contribution in [2.75, 3.05) is 19.6 Å². The van der Waals surface area contributed by atoms with Gasteiger partial charge in [0.25, 0.3) is 5.91 Å². The number of hydrogen-bond acceptors (Lipinski definition) is 2. The molecule has 0 radical (unpaired) electrons. The fraction of sp³-hybridized carbons (Fsp3) is 0.304. The molecule has 0 saturated carbocycles. The van der Waals surface area contributed by atoms with Gasteiger partial charge in [-0.3, -0.25) is 9.59 Å². The van der Waals surface area contributed by atoms with E-state index in [2.05, 4.69) is 11.1 Å². The maximum absolute atomic E-state index is 13.2. The van der Waals surface area contributed by atoms with Gasteiger partial charge in [-0.15, -0.1) is 0 Å². The van der Waals surface area contributed by atoms with Crippen LogP contribution in [0.4, 0.5) is 0 Å². The molecule has 1 unspecified atom stereocenters. The van der Waals surface area contributed by atoms with Gasteiger partial charge in [-0.05, 0) is 37.0 Å². The summed E-state index contributed by atoms with van der Waals surface area (Å²) in [5.41, 5.74) is 3.75. The van der Waals surface area contributed by atoms with Gasteiger partial charge in [0.2, 0.25) is 5.91 Å². The van der Waals surface area contributed by atoms with Crippen molar-refractivity contribution < 1.29 is 9.59 Å². The van der Waals surface area contributed by atoms with E-state index in [0.29, 0.717) is 5.56 Å². The molecule has 3 heterocycles. The average molecular weight is 373 g/mol. The second-order valence-electron chi connectivity index (χ2n) is 7.65. The number of para-hydroxylation sites is 1. The number of aromatic nitrogens is 1. The molecule has 142 valence electrons. The number of carbonyl (C=O) groups is 2. The molecule has 0 spiro atoms. The maximum Gasteiger partial charge on any atom is 0.255 e. The molecule has 0 aliphatic carbocycles. The summed E-state index contributed by atoms with van der Waals surface area (Å²) in [6.45, 7) is 1.72. The average Bonchev–Trinajstić information content (AvgIpc) is 3.28. The van der Waals surface area contributed by atoms with Gasteiger partial charge in [0.1, 0.15) is 6.54 Å². The van der Waals surface area contributed by atoms with E-state index in [4.69, 9.17) is 0 Å². The van der Waals surface area contributed by atoms with Crippen molar-refractivity contribution in [1.82, 2.24) is 14.8 Å². The summed E-state index contributed by atoms with van der Waals surface area (Å²) in [7, 11) is 0. The fourth-order valence-electron chi connectivity index (χ4n) is 4.58. The highest BCUT2D eigenvalue weighted by Gasteiger charge is 2.40. The van der Waals surface area contributed by atoms with Gasteiger partial charge in [0.05, 0.1) is 6.04 Å². The molecule has 2 aliphatic rings. The number of nitrogens with one attached hydrogen (secondary N) is 1. The summed E-state index contributed by atoms with van der Waals surface area (Å²) in [6, 6.07) is 15.6. The van der Waals surface area contributed by atoms with Crippen LogP contribution in [0.15, 0.2) is 54.7 Å². The Labute approximate surface area is 163 Å². The van der Waals surface area contributed by atoms with E-state index in [1.807, 2.05) is 53.6 Å². The first-order valence-corrected chi connectivity index (χ1v) is 9.98. The van der Waals surface area contributed by atoms with E-state index in [-0.39, 0.29) is 24.4 Å². The molecule has 1 fully saturated rings. The zero-order valence-electron chi connectivity index (χ0n) is 15.7. The van der Waals surface area contributed by atoms with Crippen LogP contribution in [-0.4, -0.2) is 46.2 Å². The van der Waals surface area contributed by atoms with Crippen LogP contribution in [0, 0.1) is 0 Å². The van der Waals surface area contributed by atoms with E-state index in [1.54, 1.807) is 4.90 Å². The summed E-state index contributed by atoms with van der Waals surface area (Å²) in [5.74, 6) is -0.0121. The summed E-state index contributed by atoms with van der Waals surface area (Å²) in [5, 5.41) is 1.09. The minimum atomic E-state index is -0.242. The Balaban J connectivity index is 1.55. The smallest absolute Gasteiger partial charge is 0.255 e. The van der Waals surface area contributed by atoms with Crippen LogP contribution >= 0.6 is 0 Å². The molecule has 3 aromatic rings. The molecule has 2 aromatic carbocycles. The third-order valence-corrected chi connectivity index (χ3v) is 5.99. The molecule has 1 atom stereocenters. The SMILES string of the molecule is O=C(CN1C(=O)c2ccccc2C1c1c[nH]c2ccccc12)N1CCCCC1. The molecular weight excluding hydrogens is 350 g/mol. The van der Waals surface area contributed by atoms with Crippen LogP contribution in [0.2, 0.25) is 0 Å². The second-order valence-corrected chi connectivity index (χ2v) is 7.65. The predicted molar refractivity (Wildman–Crippen MR) is 108 cm³/mol. The Kier molecular flexibility index (Phi) is 4.15. The highest BCUT2D eigenvalue weighted by Crippen LogP contribution is 2.41. The number of hydrogen-bond donors (Lipinski definition) is 1. The van der Waals surface area contributed by atoms with Crippen LogP contribution < -0.4 is 0 Å². The number of H-pyrrole nitrogens is 1. The second kappa shape index (κ2) is 6.82. The largest absolute Gasteiger partial charge is 0.361 e. The fourth-order valence-corrected chi connectivity index (χ4v) is 4.58. The van der Waals surface area contributed by atoms with Crippen LogP contribution in [0.1, 0.15) is 46.8 Å². The lowest BCUT2D eigenvalue weighted by atomic mass is 9.97. The first kappa shape index (κ1) is 17.0. The molecule has 2 amide bonds. The quantitative estimate of drug-likeness (QED) is 0.761. The summed E-state index contributed by atoms with van der Waals surface area (Å²) < 4.78 is 0. The van der Waals surface area contributed by atoms with Gasteiger partial charge in [-0.1, -0.05) is 36.4 Å². The zero-order chi connectivity index (χ0) is 19.1. The molecule has 28 heavy (non-hydrogen) atoms. The van der Waals surface area contributed by atoms with Gasteiger partial charge in [-0.25, -0.2) is 0 Å². The lowest BCUT2D eigenvalue weighted by molar-refractivity contribution is -0.133. The number of rotatable bonds is 3. The van der Waals surface area contributed by atoms with Gasteiger partial charge in [0, 0.05) is 41.3 Å². The standard InChI is InChI=1S/C23H23N3O2/c27-21(25-12-6-1-7-13-25)15-26-22(17-9-2-3-10-18(17)23(26)28)19-14-24-20-11-5-4-8-16(19)20/h2-5,8-11,14,22,24H,1,6-7,12-13,15H2. The maximum atomic E-state index is 13.2. The molecule has 5 nitrogen and oxygen atoms in total. The molecule has 2 aliphatic heterocycles. The lowest BCUT2D eigenvalue weighted by Gasteiger charge is -2.31. The number of fused-ring (bicyclic) bond motifs is 2. The van der Waals surface area contributed by atoms with Crippen molar-refractivity contribution in [2.24, 2.45) is 0 Å². The van der Waals surface area contributed by atoms with E-state index in [1.165, 1.54) is 6.42 Å². The molecule has 5 rings (SSSR count). The van der Waals surface area contributed by atoms with Gasteiger partial charge >= 0.3 is 0 Å². The Bertz CT molecular complexity index is 1050. The van der Waals surface area contributed by atoms with Gasteiger partial charge < -0.3 is 14.8 Å². The number of piperidine rings is 1. The van der Waals surface area contributed by atoms with E-state index >= 15 is 0 Å². The first-order valence-electron chi connectivity index (χ1n) is 9.98. The van der Waals surface area contributed by atoms with E-state index in [9.17, 15) is 9.59 Å². The van der Waals surface area contributed by atoms with Crippen molar-refractivity contribution in [3.63, 3.8) is 0 Å². The molecule has 5 heteroatoms. The van der Waals surface area contributed by atoms with Crippen LogP contribution in [-0.2, 0) is 4.79 Å². The molecule has 1 aromatic heterocycles. The Morgan fingerprint density at radius 2 is 1.71 bits per heavy atom. The summed E-state index contributed by atoms with van der Waals surface area (Å²) >= 11 is 0. The zero-order valence-corrected chi connectivity index (χ0v) is 15.7. The Morgan fingerprint density at radius 1 is 0.964 bits per heavy atom. The monoisotopic (exact) mass is 373 g/mol. The molecule has 1 N–H and O–H groups in total. The third kappa shape index (κ3) is 2.70. The number of likely N-dealkylation sites (tertiary alicyclic amines) is 1. The number of carbonyl (C=O) groups excluding carboxylic acids is 2. The van der Waals surface area contributed by atoms with Gasteiger partial charge in [-0.2, -0.15) is 0 Å². The van der Waals surface area contributed by atoms with E-state index in [0.717, 1.165) is 48.0 Å². The number of amides is 2. The third-order valence-electron chi connectivity index (χ3n) is 5.99. The molecular formula is C23H23N3O2. The number of aromatic amines is 1. The van der Waals surface area contributed by atoms with Crippen molar-refractivity contribution in [1.29, 1.82) is 0 Å². The normalized spacial score (nSPS) is 19.3. The van der Waals surface area contributed by atoms with Crippen molar-refractivity contribution >= 4 is 22.7 Å². The lowest BCUT2D eigenvalue weighted by Crippen LogP contribution is -2.44. The predicted octanol–water partition coefficient (Wildman–Crippen LogP) is 3.73. The first-order chi connectivity index (χ1) is 13.7. The molecule has 0 bridgehead atoms. The van der Waals surface area contributed by atoms with Crippen LogP contribution in [0.3, 0.4) is 0 Å². The topological polar surface area (TPSA) is 56.4 Å². The van der Waals surface area contributed by atoms with Crippen LogP contribution in [0.5, 0.6) is 0 Å². The van der Waals surface area contributed by atoms with Crippen molar-refractivity contribution in [3.8, 4) is 0 Å². The van der Waals surface area contributed by atoms with Crippen molar-refractivity contribution in [2.45, 2.75) is 25.3 Å².